The number of benzene rings is 9. The molecular formula is C58H40N2. The van der Waals surface area contributed by atoms with Crippen molar-refractivity contribution in [2.75, 3.05) is 9.80 Å². The summed E-state index contributed by atoms with van der Waals surface area (Å²) in [5.41, 5.74) is 16.9. The number of rotatable bonds is 4. The molecule has 0 unspecified atom stereocenters. The van der Waals surface area contributed by atoms with E-state index in [0.717, 1.165) is 29.9 Å². The summed E-state index contributed by atoms with van der Waals surface area (Å²) in [5.74, 6) is 0. The quantitative estimate of drug-likeness (QED) is 0.165. The highest BCUT2D eigenvalue weighted by atomic mass is 15.2. The van der Waals surface area contributed by atoms with Gasteiger partial charge < -0.3 is 9.80 Å². The molecule has 2 aliphatic heterocycles. The average Bonchev–Trinajstić information content (AvgIpc) is 3.59. The van der Waals surface area contributed by atoms with E-state index in [1.807, 2.05) is 0 Å². The molecule has 0 radical (unpaired) electrons. The van der Waals surface area contributed by atoms with E-state index in [9.17, 15) is 0 Å². The van der Waals surface area contributed by atoms with Gasteiger partial charge in [-0.05, 0) is 138 Å². The zero-order valence-electron chi connectivity index (χ0n) is 33.1. The van der Waals surface area contributed by atoms with Crippen molar-refractivity contribution in [2.24, 2.45) is 0 Å². The van der Waals surface area contributed by atoms with Gasteiger partial charge in [0.15, 0.2) is 0 Å². The van der Waals surface area contributed by atoms with Crippen LogP contribution in [0.2, 0.25) is 0 Å². The van der Waals surface area contributed by atoms with Gasteiger partial charge in [0, 0.05) is 17.1 Å². The largest absolute Gasteiger partial charge is 0.313 e. The van der Waals surface area contributed by atoms with Gasteiger partial charge >= 0.3 is 0 Å². The topological polar surface area (TPSA) is 6.48 Å². The minimum absolute atomic E-state index is 0.977. The van der Waals surface area contributed by atoms with Gasteiger partial charge in [-0.15, -0.1) is 0 Å². The van der Waals surface area contributed by atoms with Crippen molar-refractivity contribution in [3.63, 3.8) is 0 Å². The molecule has 0 bridgehead atoms. The maximum absolute atomic E-state index is 2.52. The monoisotopic (exact) mass is 764 g/mol. The summed E-state index contributed by atoms with van der Waals surface area (Å²) in [4.78, 5) is 4.97. The summed E-state index contributed by atoms with van der Waals surface area (Å²) in [6, 6.07) is 67.4. The summed E-state index contributed by atoms with van der Waals surface area (Å²) in [5, 5.41) is 7.40. The standard InChI is InChI=1S/C58H40N2/c1-2-19-44(20-3-1)57-51-37-47(59-53-22-10-6-15-40(53)27-28-41-16-7-11-23-54(41)59)32-34-49(51)58(46-31-26-39-14-4-5-21-45(39)36-46)50-35-33-48(38-52(50)57)60-55-24-12-8-17-42(55)29-30-43-18-9-13-25-56(43)60/h1-12,14-24,26-38H,13,25H2. The third-order valence-corrected chi connectivity index (χ3v) is 12.6. The van der Waals surface area contributed by atoms with Crippen molar-refractivity contribution in [3.05, 3.63) is 228 Å². The molecule has 0 amide bonds. The molecule has 0 aromatic heterocycles. The van der Waals surface area contributed by atoms with Crippen molar-refractivity contribution in [3.8, 4) is 22.3 Å². The first-order chi connectivity index (χ1) is 29.8. The Kier molecular flexibility index (Phi) is 8.02. The molecule has 0 saturated carbocycles. The molecule has 1 aliphatic carbocycles. The van der Waals surface area contributed by atoms with Crippen LogP contribution in [-0.2, 0) is 0 Å². The summed E-state index contributed by atoms with van der Waals surface area (Å²) in [6.07, 6.45) is 15.7. The van der Waals surface area contributed by atoms with Gasteiger partial charge in [0.25, 0.3) is 0 Å². The van der Waals surface area contributed by atoms with Gasteiger partial charge in [-0.3, -0.25) is 0 Å². The van der Waals surface area contributed by atoms with E-state index in [4.69, 9.17) is 0 Å². The summed E-state index contributed by atoms with van der Waals surface area (Å²) in [6.45, 7) is 0. The van der Waals surface area contributed by atoms with E-state index in [0.29, 0.717) is 0 Å². The van der Waals surface area contributed by atoms with Crippen LogP contribution in [0, 0.1) is 0 Å². The second kappa shape index (κ2) is 14.0. The summed E-state index contributed by atoms with van der Waals surface area (Å²) in [7, 11) is 0. The highest BCUT2D eigenvalue weighted by Crippen LogP contribution is 2.50. The predicted molar refractivity (Wildman–Crippen MR) is 256 cm³/mol. The van der Waals surface area contributed by atoms with Crippen LogP contribution in [0.25, 0.3) is 72.8 Å². The smallest absolute Gasteiger partial charge is 0.0534 e. The molecule has 9 aromatic carbocycles. The molecule has 0 saturated heterocycles. The highest BCUT2D eigenvalue weighted by Gasteiger charge is 2.26. The Morgan fingerprint density at radius 2 is 0.883 bits per heavy atom. The third kappa shape index (κ3) is 5.56. The molecule has 12 rings (SSSR count). The van der Waals surface area contributed by atoms with Crippen LogP contribution in [0.15, 0.2) is 211 Å². The molecule has 0 spiro atoms. The highest BCUT2D eigenvalue weighted by molar-refractivity contribution is 6.23. The minimum Gasteiger partial charge on any atom is -0.313 e. The number of hydrogen-bond acceptors (Lipinski definition) is 2. The van der Waals surface area contributed by atoms with E-state index in [-0.39, 0.29) is 0 Å². The van der Waals surface area contributed by atoms with Crippen LogP contribution in [0.5, 0.6) is 0 Å². The molecular weight excluding hydrogens is 725 g/mol. The third-order valence-electron chi connectivity index (χ3n) is 12.6. The van der Waals surface area contributed by atoms with Gasteiger partial charge in [-0.25, -0.2) is 0 Å². The fourth-order valence-electron chi connectivity index (χ4n) is 9.82. The van der Waals surface area contributed by atoms with Crippen LogP contribution < -0.4 is 9.80 Å². The lowest BCUT2D eigenvalue weighted by atomic mass is 9.85. The maximum Gasteiger partial charge on any atom is 0.0534 e. The van der Waals surface area contributed by atoms with Crippen LogP contribution in [0.3, 0.4) is 0 Å². The lowest BCUT2D eigenvalue weighted by Crippen LogP contribution is -2.19. The Morgan fingerprint density at radius 1 is 0.350 bits per heavy atom. The minimum atomic E-state index is 0.977. The number of fused-ring (bicyclic) bond motifs is 6. The zero-order chi connectivity index (χ0) is 39.6. The first-order valence-corrected chi connectivity index (χ1v) is 21.0. The zero-order valence-corrected chi connectivity index (χ0v) is 33.1. The Morgan fingerprint density at radius 3 is 1.55 bits per heavy atom. The van der Waals surface area contributed by atoms with E-state index in [1.165, 1.54) is 93.9 Å². The number of allylic oxidation sites excluding steroid dienone is 5. The molecule has 3 aliphatic rings. The molecule has 2 heteroatoms. The number of anilines is 5. The number of hydrogen-bond donors (Lipinski definition) is 0. The van der Waals surface area contributed by atoms with Crippen molar-refractivity contribution in [1.29, 1.82) is 0 Å². The van der Waals surface area contributed by atoms with E-state index < -0.39 is 0 Å². The SMILES string of the molecule is C1=CC2=C(CC1)N(c1ccc3c(-c4ccc5ccccc5c4)c4ccc(N5c6ccccc6C=Cc6ccccc65)cc4c(-c4ccccc4)c3c1)c1ccccc1C=C2. The van der Waals surface area contributed by atoms with Crippen LogP contribution in [-0.4, -0.2) is 0 Å². The fraction of sp³-hybridized carbons (Fsp3) is 0.0345. The second-order valence-electron chi connectivity index (χ2n) is 16.0. The van der Waals surface area contributed by atoms with Crippen molar-refractivity contribution < 1.29 is 0 Å². The molecule has 2 heterocycles. The lowest BCUT2D eigenvalue weighted by molar-refractivity contribution is 0.907. The van der Waals surface area contributed by atoms with E-state index in [2.05, 4.69) is 228 Å². The molecule has 0 N–H and O–H groups in total. The van der Waals surface area contributed by atoms with E-state index in [1.54, 1.807) is 0 Å². The average molecular weight is 765 g/mol. The van der Waals surface area contributed by atoms with E-state index >= 15 is 0 Å². The molecule has 60 heavy (non-hydrogen) atoms. The van der Waals surface area contributed by atoms with Crippen molar-refractivity contribution in [2.45, 2.75) is 12.8 Å². The summed E-state index contributed by atoms with van der Waals surface area (Å²) < 4.78 is 0. The Labute approximate surface area is 350 Å². The first-order valence-electron chi connectivity index (χ1n) is 21.0. The molecule has 9 aromatic rings. The molecule has 2 nitrogen and oxygen atoms in total. The van der Waals surface area contributed by atoms with Gasteiger partial charge in [0.05, 0.1) is 17.1 Å². The van der Waals surface area contributed by atoms with Gasteiger partial charge in [0.1, 0.15) is 0 Å². The van der Waals surface area contributed by atoms with Crippen LogP contribution in [0.1, 0.15) is 29.5 Å². The maximum atomic E-state index is 2.52. The number of nitrogens with zero attached hydrogens (tertiary/aromatic N) is 2. The van der Waals surface area contributed by atoms with Crippen molar-refractivity contribution >= 4 is 79.0 Å². The van der Waals surface area contributed by atoms with Crippen LogP contribution in [0.4, 0.5) is 28.4 Å². The predicted octanol–water partition coefficient (Wildman–Crippen LogP) is 16.2. The summed E-state index contributed by atoms with van der Waals surface area (Å²) >= 11 is 0. The Hall–Kier alpha value is -7.68. The molecule has 282 valence electrons. The van der Waals surface area contributed by atoms with Gasteiger partial charge in [-0.2, -0.15) is 0 Å². The fourth-order valence-corrected chi connectivity index (χ4v) is 9.82. The molecule has 0 atom stereocenters. The second-order valence-corrected chi connectivity index (χ2v) is 16.0. The lowest BCUT2D eigenvalue weighted by Gasteiger charge is -2.31. The Balaban J connectivity index is 1.20. The normalized spacial score (nSPS) is 14.2. The van der Waals surface area contributed by atoms with Crippen molar-refractivity contribution in [1.82, 2.24) is 0 Å². The van der Waals surface area contributed by atoms with Gasteiger partial charge in [0.2, 0.25) is 0 Å². The van der Waals surface area contributed by atoms with Gasteiger partial charge in [-0.1, -0.05) is 170 Å². The molecule has 0 fully saturated rings. The number of para-hydroxylation sites is 3. The Bertz CT molecular complexity index is 3280. The van der Waals surface area contributed by atoms with Crippen LogP contribution >= 0.6 is 0 Å². The first kappa shape index (κ1) is 34.4.